The Labute approximate surface area is 112 Å². The average molecular weight is 268 g/mol. The van der Waals surface area contributed by atoms with E-state index in [1.165, 1.54) is 5.56 Å². The summed E-state index contributed by atoms with van der Waals surface area (Å²) < 4.78 is 0. The number of halogens is 1. The molecule has 0 saturated heterocycles. The molecule has 1 aliphatic rings. The molecule has 1 aromatic carbocycles. The molecule has 0 aliphatic heterocycles. The van der Waals surface area contributed by atoms with Crippen LogP contribution < -0.4 is 0 Å². The van der Waals surface area contributed by atoms with Crippen molar-refractivity contribution in [2.24, 2.45) is 0 Å². The lowest BCUT2D eigenvalue weighted by atomic mass is 10.1. The summed E-state index contributed by atoms with van der Waals surface area (Å²) in [5, 5.41) is 10.0. The number of benzene rings is 1. The number of carbonyl (C=O) groups is 1. The molecule has 0 heterocycles. The third kappa shape index (κ3) is 2.61. The highest BCUT2D eigenvalue weighted by molar-refractivity contribution is 6.30. The van der Waals surface area contributed by atoms with E-state index in [2.05, 4.69) is 0 Å². The Bertz CT molecular complexity index is 450. The second-order valence-electron chi connectivity index (χ2n) is 5.78. The maximum atomic E-state index is 11.4. The molecule has 0 unspecified atom stereocenters. The Morgan fingerprint density at radius 2 is 1.89 bits per heavy atom. The van der Waals surface area contributed by atoms with E-state index in [-0.39, 0.29) is 11.6 Å². The van der Waals surface area contributed by atoms with Gasteiger partial charge < -0.3 is 5.11 Å². The highest BCUT2D eigenvalue weighted by Crippen LogP contribution is 2.47. The number of nitrogens with zero attached hydrogens (tertiary/aromatic N) is 1. The monoisotopic (exact) mass is 267 g/mol. The fourth-order valence-corrected chi connectivity index (χ4v) is 2.59. The zero-order chi connectivity index (χ0) is 13.5. The Hall–Kier alpha value is -1.22. The van der Waals surface area contributed by atoms with Gasteiger partial charge in [-0.2, -0.15) is 0 Å². The Morgan fingerprint density at radius 1 is 1.33 bits per heavy atom. The number of rotatable bonds is 2. The quantitative estimate of drug-likeness (QED) is 0.881. The predicted octanol–water partition coefficient (Wildman–Crippen LogP) is 3.97. The largest absolute Gasteiger partial charge is 0.465 e. The molecule has 98 valence electrons. The van der Waals surface area contributed by atoms with E-state index in [1.54, 1.807) is 4.90 Å². The van der Waals surface area contributed by atoms with Crippen LogP contribution in [0.2, 0.25) is 5.02 Å². The Kier molecular flexibility index (Phi) is 3.28. The third-order valence-electron chi connectivity index (χ3n) is 3.32. The lowest BCUT2D eigenvalue weighted by Gasteiger charge is -2.33. The minimum atomic E-state index is -0.844. The van der Waals surface area contributed by atoms with Crippen molar-refractivity contribution in [2.45, 2.75) is 44.7 Å². The summed E-state index contributed by atoms with van der Waals surface area (Å²) in [5.41, 5.74) is 0.803. The van der Waals surface area contributed by atoms with E-state index in [9.17, 15) is 9.90 Å². The van der Waals surface area contributed by atoms with E-state index in [1.807, 2.05) is 45.0 Å². The van der Waals surface area contributed by atoms with Crippen LogP contribution in [0.1, 0.15) is 38.7 Å². The molecule has 18 heavy (non-hydrogen) atoms. The van der Waals surface area contributed by atoms with Gasteiger partial charge in [0.05, 0.1) is 0 Å². The van der Waals surface area contributed by atoms with E-state index < -0.39 is 6.09 Å². The van der Waals surface area contributed by atoms with E-state index in [0.29, 0.717) is 10.9 Å². The van der Waals surface area contributed by atoms with Crippen LogP contribution >= 0.6 is 11.6 Å². The highest BCUT2D eigenvalue weighted by atomic mass is 35.5. The van der Waals surface area contributed by atoms with Gasteiger partial charge in [0.2, 0.25) is 0 Å². The first-order chi connectivity index (χ1) is 8.30. The third-order valence-corrected chi connectivity index (χ3v) is 3.57. The minimum Gasteiger partial charge on any atom is -0.465 e. The summed E-state index contributed by atoms with van der Waals surface area (Å²) >= 11 is 5.85. The first-order valence-corrected chi connectivity index (χ1v) is 6.46. The van der Waals surface area contributed by atoms with Crippen LogP contribution in [0.15, 0.2) is 24.3 Å². The molecule has 1 aliphatic carbocycles. The topological polar surface area (TPSA) is 40.5 Å². The summed E-state index contributed by atoms with van der Waals surface area (Å²) in [6, 6.07) is 7.76. The van der Waals surface area contributed by atoms with Gasteiger partial charge in [0.25, 0.3) is 0 Å². The molecule has 0 bridgehead atoms. The van der Waals surface area contributed by atoms with Crippen molar-refractivity contribution in [1.82, 2.24) is 4.90 Å². The van der Waals surface area contributed by atoms with Gasteiger partial charge in [-0.3, -0.25) is 4.90 Å². The molecule has 2 atom stereocenters. The first kappa shape index (κ1) is 13.2. The van der Waals surface area contributed by atoms with Gasteiger partial charge in [-0.15, -0.1) is 0 Å². The molecule has 0 radical (unpaired) electrons. The van der Waals surface area contributed by atoms with Gasteiger partial charge in [-0.05, 0) is 44.9 Å². The van der Waals surface area contributed by atoms with Gasteiger partial charge in [-0.1, -0.05) is 23.7 Å². The van der Waals surface area contributed by atoms with Crippen molar-refractivity contribution in [3.63, 3.8) is 0 Å². The van der Waals surface area contributed by atoms with Crippen LogP contribution in [0.5, 0.6) is 0 Å². The standard InChI is InChI=1S/C14H18ClNO2/c1-14(2,3)16(13(17)18)12-8-11(12)9-4-6-10(15)7-5-9/h4-7,11-12H,8H2,1-3H3,(H,17,18)/t11-,12+/m0/s1. The maximum absolute atomic E-state index is 11.4. The molecule has 1 amide bonds. The van der Waals surface area contributed by atoms with Crippen molar-refractivity contribution in [3.8, 4) is 0 Å². The zero-order valence-electron chi connectivity index (χ0n) is 10.9. The van der Waals surface area contributed by atoms with Crippen LogP contribution in [0.3, 0.4) is 0 Å². The second-order valence-corrected chi connectivity index (χ2v) is 6.22. The summed E-state index contributed by atoms with van der Waals surface area (Å²) in [4.78, 5) is 12.9. The maximum Gasteiger partial charge on any atom is 0.408 e. The van der Waals surface area contributed by atoms with Crippen LogP contribution in [-0.4, -0.2) is 27.7 Å². The molecule has 4 heteroatoms. The lowest BCUT2D eigenvalue weighted by molar-refractivity contribution is 0.0940. The van der Waals surface area contributed by atoms with Crippen molar-refractivity contribution < 1.29 is 9.90 Å². The van der Waals surface area contributed by atoms with E-state index in [0.717, 1.165) is 6.42 Å². The summed E-state index contributed by atoms with van der Waals surface area (Å²) in [6.45, 7) is 5.79. The fourth-order valence-electron chi connectivity index (χ4n) is 2.46. The summed E-state index contributed by atoms with van der Waals surface area (Å²) in [5.74, 6) is 0.303. The van der Waals surface area contributed by atoms with Crippen LogP contribution in [0.4, 0.5) is 4.79 Å². The van der Waals surface area contributed by atoms with Gasteiger partial charge in [0.1, 0.15) is 0 Å². The molecule has 0 spiro atoms. The lowest BCUT2D eigenvalue weighted by Crippen LogP contribution is -2.46. The minimum absolute atomic E-state index is 0.0867. The van der Waals surface area contributed by atoms with Crippen molar-refractivity contribution in [3.05, 3.63) is 34.9 Å². The van der Waals surface area contributed by atoms with Crippen LogP contribution in [0.25, 0.3) is 0 Å². The van der Waals surface area contributed by atoms with E-state index >= 15 is 0 Å². The molecule has 3 nitrogen and oxygen atoms in total. The molecule has 1 saturated carbocycles. The van der Waals surface area contributed by atoms with Crippen molar-refractivity contribution >= 4 is 17.7 Å². The van der Waals surface area contributed by atoms with Gasteiger partial charge >= 0.3 is 6.09 Å². The van der Waals surface area contributed by atoms with Crippen LogP contribution in [0, 0.1) is 0 Å². The number of carboxylic acid groups (broad SMARTS) is 1. The summed E-state index contributed by atoms with van der Waals surface area (Å²) in [7, 11) is 0. The molecule has 1 aromatic rings. The average Bonchev–Trinajstić information content (AvgIpc) is 2.96. The molecule has 2 rings (SSSR count). The second kappa shape index (κ2) is 4.47. The van der Waals surface area contributed by atoms with Gasteiger partial charge in [0, 0.05) is 22.5 Å². The van der Waals surface area contributed by atoms with Gasteiger partial charge in [0.15, 0.2) is 0 Å². The molecule has 0 aromatic heterocycles. The fraction of sp³-hybridized carbons (Fsp3) is 0.500. The van der Waals surface area contributed by atoms with Crippen LogP contribution in [-0.2, 0) is 0 Å². The Morgan fingerprint density at radius 3 is 2.33 bits per heavy atom. The molecular formula is C14H18ClNO2. The molecule has 1 fully saturated rings. The van der Waals surface area contributed by atoms with Crippen molar-refractivity contribution in [1.29, 1.82) is 0 Å². The number of hydrogen-bond acceptors (Lipinski definition) is 1. The molecule has 1 N–H and O–H groups in total. The normalized spacial score (nSPS) is 22.7. The summed E-state index contributed by atoms with van der Waals surface area (Å²) in [6.07, 6.45) is 0.0505. The smallest absolute Gasteiger partial charge is 0.408 e. The van der Waals surface area contributed by atoms with E-state index in [4.69, 9.17) is 11.6 Å². The van der Waals surface area contributed by atoms with Crippen molar-refractivity contribution in [2.75, 3.05) is 0 Å². The predicted molar refractivity (Wildman–Crippen MR) is 72.2 cm³/mol. The molecular weight excluding hydrogens is 250 g/mol. The SMILES string of the molecule is CC(C)(C)N(C(=O)O)[C@@H]1C[C@H]1c1ccc(Cl)cc1. The first-order valence-electron chi connectivity index (χ1n) is 6.08. The Balaban J connectivity index is 2.14. The number of amides is 1. The zero-order valence-corrected chi connectivity index (χ0v) is 11.6. The number of hydrogen-bond donors (Lipinski definition) is 1. The van der Waals surface area contributed by atoms with Gasteiger partial charge in [-0.25, -0.2) is 4.79 Å². The highest BCUT2D eigenvalue weighted by Gasteiger charge is 2.48.